The lowest BCUT2D eigenvalue weighted by Crippen LogP contribution is -2.43. The van der Waals surface area contributed by atoms with Crippen molar-refractivity contribution >= 4 is 6.03 Å². The predicted octanol–water partition coefficient (Wildman–Crippen LogP) is 1.56. The number of amides is 2. The van der Waals surface area contributed by atoms with Crippen LogP contribution in [0.4, 0.5) is 4.79 Å². The highest BCUT2D eigenvalue weighted by molar-refractivity contribution is 5.73. The van der Waals surface area contributed by atoms with Gasteiger partial charge in [-0.15, -0.1) is 0 Å². The fourth-order valence-corrected chi connectivity index (χ4v) is 2.75. The zero-order valence-corrected chi connectivity index (χ0v) is 13.1. The molecule has 2 heterocycles. The summed E-state index contributed by atoms with van der Waals surface area (Å²) in [6.07, 6.45) is 5.22. The van der Waals surface area contributed by atoms with Crippen molar-refractivity contribution in [1.29, 1.82) is 0 Å². The van der Waals surface area contributed by atoms with Gasteiger partial charge >= 0.3 is 6.03 Å². The van der Waals surface area contributed by atoms with Gasteiger partial charge in [-0.3, -0.25) is 0 Å². The third kappa shape index (κ3) is 3.97. The predicted molar refractivity (Wildman–Crippen MR) is 79.5 cm³/mol. The Morgan fingerprint density at radius 1 is 1.45 bits per heavy atom. The number of urea groups is 1. The van der Waals surface area contributed by atoms with Gasteiger partial charge in [0.2, 0.25) is 5.89 Å². The number of nitrogens with zero attached hydrogens (tertiary/aromatic N) is 3. The van der Waals surface area contributed by atoms with Crippen molar-refractivity contribution in [1.82, 2.24) is 20.4 Å². The summed E-state index contributed by atoms with van der Waals surface area (Å²) in [5, 5.41) is 6.69. The maximum absolute atomic E-state index is 11.7. The van der Waals surface area contributed by atoms with Gasteiger partial charge in [0, 0.05) is 33.2 Å². The van der Waals surface area contributed by atoms with Crippen LogP contribution in [0.5, 0.6) is 0 Å². The molecule has 0 aromatic carbocycles. The number of carbonyl (C=O) groups is 1. The van der Waals surface area contributed by atoms with E-state index >= 15 is 0 Å². The number of piperidine rings is 1. The molecule has 0 spiro atoms. The van der Waals surface area contributed by atoms with E-state index in [1.54, 1.807) is 11.9 Å². The molecular weight excluding hydrogens is 284 g/mol. The van der Waals surface area contributed by atoms with Crippen LogP contribution in [0, 0.1) is 5.92 Å². The first-order chi connectivity index (χ1) is 10.8. The van der Waals surface area contributed by atoms with Crippen LogP contribution >= 0.6 is 0 Å². The Bertz CT molecular complexity index is 501. The number of hydrogen-bond donors (Lipinski definition) is 1. The zero-order valence-electron chi connectivity index (χ0n) is 13.1. The van der Waals surface area contributed by atoms with Crippen LogP contribution < -0.4 is 5.32 Å². The Labute approximate surface area is 130 Å². The molecule has 2 fully saturated rings. The number of ether oxygens (including phenoxy) is 1. The van der Waals surface area contributed by atoms with E-state index in [4.69, 9.17) is 9.26 Å². The first-order valence-electron chi connectivity index (χ1n) is 8.13. The molecule has 3 rings (SSSR count). The summed E-state index contributed by atoms with van der Waals surface area (Å²) in [7, 11) is 1.65. The highest BCUT2D eigenvalue weighted by atomic mass is 16.5. The van der Waals surface area contributed by atoms with Gasteiger partial charge in [0.15, 0.2) is 5.82 Å². The molecule has 7 nitrogen and oxygen atoms in total. The molecule has 1 saturated heterocycles. The van der Waals surface area contributed by atoms with E-state index < -0.39 is 0 Å². The van der Waals surface area contributed by atoms with Crippen LogP contribution in [0.3, 0.4) is 0 Å². The lowest BCUT2D eigenvalue weighted by molar-refractivity contribution is 0.125. The quantitative estimate of drug-likeness (QED) is 0.807. The van der Waals surface area contributed by atoms with Crippen molar-refractivity contribution in [2.75, 3.05) is 33.4 Å². The normalized spacial score (nSPS) is 21.9. The molecule has 0 radical (unpaired) electrons. The molecule has 122 valence electrons. The second-order valence-corrected chi connectivity index (χ2v) is 6.16. The summed E-state index contributed by atoms with van der Waals surface area (Å²) in [5.41, 5.74) is 0. The van der Waals surface area contributed by atoms with Crippen LogP contribution in [0.15, 0.2) is 4.52 Å². The monoisotopic (exact) mass is 308 g/mol. The fourth-order valence-electron chi connectivity index (χ4n) is 2.75. The molecule has 1 aromatic rings. The summed E-state index contributed by atoms with van der Waals surface area (Å²) in [4.78, 5) is 18.0. The van der Waals surface area contributed by atoms with Crippen molar-refractivity contribution in [3.63, 3.8) is 0 Å². The van der Waals surface area contributed by atoms with Crippen LogP contribution in [0.25, 0.3) is 0 Å². The zero-order chi connectivity index (χ0) is 15.4. The van der Waals surface area contributed by atoms with E-state index in [-0.39, 0.29) is 11.9 Å². The smallest absolute Gasteiger partial charge is 0.317 e. The Balaban J connectivity index is 1.47. The van der Waals surface area contributed by atoms with Gasteiger partial charge in [-0.2, -0.15) is 4.98 Å². The van der Waals surface area contributed by atoms with Crippen molar-refractivity contribution in [3.8, 4) is 0 Å². The van der Waals surface area contributed by atoms with Crippen molar-refractivity contribution in [2.45, 2.75) is 38.0 Å². The number of hydrogen-bond acceptors (Lipinski definition) is 5. The third-order valence-electron chi connectivity index (χ3n) is 4.28. The lowest BCUT2D eigenvalue weighted by atomic mass is 9.98. The van der Waals surface area contributed by atoms with E-state index in [1.165, 1.54) is 12.8 Å². The van der Waals surface area contributed by atoms with Crippen LogP contribution in [-0.2, 0) is 11.2 Å². The first kappa shape index (κ1) is 15.3. The molecule has 7 heteroatoms. The van der Waals surface area contributed by atoms with Gasteiger partial charge in [0.25, 0.3) is 0 Å². The topological polar surface area (TPSA) is 80.5 Å². The number of carbonyl (C=O) groups excluding carboxylic acids is 1. The molecular formula is C15H24N4O3. The van der Waals surface area contributed by atoms with Crippen LogP contribution in [0.1, 0.15) is 43.3 Å². The number of nitrogens with one attached hydrogen (secondary N) is 1. The van der Waals surface area contributed by atoms with E-state index in [0.717, 1.165) is 31.9 Å². The molecule has 1 atom stereocenters. The van der Waals surface area contributed by atoms with Crippen molar-refractivity contribution in [2.24, 2.45) is 5.92 Å². The van der Waals surface area contributed by atoms with Crippen LogP contribution in [0.2, 0.25) is 0 Å². The van der Waals surface area contributed by atoms with E-state index in [1.807, 2.05) is 0 Å². The third-order valence-corrected chi connectivity index (χ3v) is 4.28. The minimum atomic E-state index is -0.0436. The molecule has 0 bridgehead atoms. The number of aromatic nitrogens is 2. The fraction of sp³-hybridized carbons (Fsp3) is 0.800. The summed E-state index contributed by atoms with van der Waals surface area (Å²) in [6.45, 7) is 2.92. The van der Waals surface area contributed by atoms with Gasteiger partial charge in [0.1, 0.15) is 0 Å². The van der Waals surface area contributed by atoms with Gasteiger partial charge in [0.05, 0.1) is 12.5 Å². The number of rotatable bonds is 6. The molecule has 1 aliphatic heterocycles. The van der Waals surface area contributed by atoms with E-state index in [9.17, 15) is 4.79 Å². The van der Waals surface area contributed by atoms with E-state index in [2.05, 4.69) is 15.5 Å². The highest BCUT2D eigenvalue weighted by Crippen LogP contribution is 2.29. The van der Waals surface area contributed by atoms with Gasteiger partial charge in [-0.1, -0.05) is 5.16 Å². The Morgan fingerprint density at radius 2 is 2.32 bits per heavy atom. The average Bonchev–Trinajstić information content (AvgIpc) is 3.27. The van der Waals surface area contributed by atoms with Gasteiger partial charge in [-0.05, 0) is 31.6 Å². The largest absolute Gasteiger partial charge is 0.381 e. The van der Waals surface area contributed by atoms with Gasteiger partial charge < -0.3 is 19.5 Å². The number of likely N-dealkylation sites (tertiary alicyclic amines) is 1. The second-order valence-electron chi connectivity index (χ2n) is 6.16. The molecule has 2 aliphatic rings. The molecule has 1 unspecified atom stereocenters. The molecule has 1 aromatic heterocycles. The SMILES string of the molecule is CNC(=O)N1CCCC(c2nc(CCOCC3CC3)no2)C1. The maximum atomic E-state index is 11.7. The molecule has 1 N–H and O–H groups in total. The van der Waals surface area contributed by atoms with Crippen molar-refractivity contribution in [3.05, 3.63) is 11.7 Å². The minimum absolute atomic E-state index is 0.0436. The molecule has 2 amide bonds. The lowest BCUT2D eigenvalue weighted by Gasteiger charge is -2.30. The summed E-state index contributed by atoms with van der Waals surface area (Å²) in [5.74, 6) is 2.26. The Kier molecular flexibility index (Phi) is 4.92. The first-order valence-corrected chi connectivity index (χ1v) is 8.13. The Morgan fingerprint density at radius 3 is 3.09 bits per heavy atom. The molecule has 1 aliphatic carbocycles. The van der Waals surface area contributed by atoms with Crippen molar-refractivity contribution < 1.29 is 14.1 Å². The van der Waals surface area contributed by atoms with Gasteiger partial charge in [-0.25, -0.2) is 4.79 Å². The highest BCUT2D eigenvalue weighted by Gasteiger charge is 2.28. The minimum Gasteiger partial charge on any atom is -0.381 e. The standard InChI is InChI=1S/C15H24N4O3/c1-16-15(20)19-7-2-3-12(9-19)14-17-13(18-22-14)6-8-21-10-11-4-5-11/h11-12H,2-10H2,1H3,(H,16,20). The Hall–Kier alpha value is -1.63. The summed E-state index contributed by atoms with van der Waals surface area (Å²) >= 11 is 0. The average molecular weight is 308 g/mol. The van der Waals surface area contributed by atoms with E-state index in [0.29, 0.717) is 31.3 Å². The molecule has 1 saturated carbocycles. The summed E-state index contributed by atoms with van der Waals surface area (Å²) in [6, 6.07) is -0.0436. The van der Waals surface area contributed by atoms with Crippen LogP contribution in [-0.4, -0.2) is 54.4 Å². The summed E-state index contributed by atoms with van der Waals surface area (Å²) < 4.78 is 11.0. The maximum Gasteiger partial charge on any atom is 0.317 e. The molecule has 22 heavy (non-hydrogen) atoms. The second kappa shape index (κ2) is 7.09.